The first-order valence-electron chi connectivity index (χ1n) is 7.06. The normalized spacial score (nSPS) is 9.95. The molecule has 113 valence electrons. The maximum absolute atomic E-state index is 11.1. The largest absolute Gasteiger partial charge is 0.494 e. The highest BCUT2D eigenvalue weighted by molar-refractivity contribution is 5.86. The first-order valence-corrected chi connectivity index (χ1v) is 7.06. The molecule has 0 aliphatic heterocycles. The lowest BCUT2D eigenvalue weighted by molar-refractivity contribution is -0.139. The van der Waals surface area contributed by atoms with Crippen molar-refractivity contribution in [3.05, 3.63) is 42.0 Å². The van der Waals surface area contributed by atoms with Crippen LogP contribution in [0.4, 0.5) is 0 Å². The Morgan fingerprint density at radius 2 is 1.95 bits per heavy atom. The van der Waals surface area contributed by atoms with E-state index in [9.17, 15) is 9.59 Å². The smallest absolute Gasteiger partial charge is 0.333 e. The van der Waals surface area contributed by atoms with Gasteiger partial charge in [0.05, 0.1) is 13.2 Å². The highest BCUT2D eigenvalue weighted by Crippen LogP contribution is 2.11. The summed E-state index contributed by atoms with van der Waals surface area (Å²) in [6, 6.07) is 7.93. The van der Waals surface area contributed by atoms with Crippen LogP contribution < -0.4 is 4.74 Å². The van der Waals surface area contributed by atoms with Crippen molar-refractivity contribution < 1.29 is 19.1 Å². The van der Waals surface area contributed by atoms with E-state index in [2.05, 4.69) is 12.6 Å². The molecule has 0 aliphatic rings. The lowest BCUT2D eigenvalue weighted by Crippen LogP contribution is -2.06. The molecule has 0 unspecified atom stereocenters. The molecular formula is C17H21O4. The van der Waals surface area contributed by atoms with Gasteiger partial charge in [-0.2, -0.15) is 0 Å². The topological polar surface area (TPSA) is 52.6 Å². The second-order valence-electron chi connectivity index (χ2n) is 4.78. The maximum atomic E-state index is 11.1. The Morgan fingerprint density at radius 1 is 1.24 bits per heavy atom. The van der Waals surface area contributed by atoms with Crippen LogP contribution in [0.3, 0.4) is 0 Å². The van der Waals surface area contributed by atoms with Gasteiger partial charge < -0.3 is 9.47 Å². The number of rotatable bonds is 10. The van der Waals surface area contributed by atoms with E-state index in [0.29, 0.717) is 24.4 Å². The zero-order valence-corrected chi connectivity index (χ0v) is 12.4. The molecule has 0 spiro atoms. The number of ether oxygens (including phenoxy) is 2. The Bertz CT molecular complexity index is 462. The number of hydrogen-bond donors (Lipinski definition) is 0. The molecule has 0 atom stereocenters. The summed E-state index contributed by atoms with van der Waals surface area (Å²) in [6.07, 6.45) is 4.54. The number of aldehydes is 1. The van der Waals surface area contributed by atoms with Crippen LogP contribution in [0.25, 0.3) is 0 Å². The minimum Gasteiger partial charge on any atom is -0.494 e. The zero-order chi connectivity index (χ0) is 15.5. The maximum Gasteiger partial charge on any atom is 0.333 e. The molecule has 0 saturated heterocycles. The van der Waals surface area contributed by atoms with Crippen LogP contribution in [0.5, 0.6) is 5.75 Å². The van der Waals surface area contributed by atoms with Gasteiger partial charge in [0.2, 0.25) is 0 Å². The number of unbranched alkanes of at least 4 members (excludes halogenated alkanes) is 3. The number of carbonyl (C=O) groups is 2. The quantitative estimate of drug-likeness (QED) is 0.287. The fourth-order valence-corrected chi connectivity index (χ4v) is 1.62. The van der Waals surface area contributed by atoms with Crippen molar-refractivity contribution in [1.29, 1.82) is 0 Å². The van der Waals surface area contributed by atoms with Gasteiger partial charge in [-0.3, -0.25) is 4.79 Å². The second-order valence-corrected chi connectivity index (χ2v) is 4.78. The summed E-state index contributed by atoms with van der Waals surface area (Å²) in [5, 5.41) is 0. The van der Waals surface area contributed by atoms with E-state index in [0.717, 1.165) is 37.7 Å². The lowest BCUT2D eigenvalue weighted by atomic mass is 10.2. The van der Waals surface area contributed by atoms with E-state index >= 15 is 0 Å². The van der Waals surface area contributed by atoms with E-state index in [1.165, 1.54) is 0 Å². The van der Waals surface area contributed by atoms with Crippen LogP contribution in [-0.4, -0.2) is 25.5 Å². The third-order valence-electron chi connectivity index (χ3n) is 2.82. The minimum atomic E-state index is -0.326. The molecule has 21 heavy (non-hydrogen) atoms. The molecule has 0 amide bonds. The summed E-state index contributed by atoms with van der Waals surface area (Å²) in [4.78, 5) is 21.6. The first kappa shape index (κ1) is 17.0. The van der Waals surface area contributed by atoms with Crippen molar-refractivity contribution >= 4 is 12.3 Å². The molecule has 0 aliphatic carbocycles. The van der Waals surface area contributed by atoms with Gasteiger partial charge in [0.15, 0.2) is 6.29 Å². The minimum absolute atomic E-state index is 0.326. The summed E-state index contributed by atoms with van der Waals surface area (Å²) in [7, 11) is 0. The van der Waals surface area contributed by atoms with Gasteiger partial charge >= 0.3 is 5.97 Å². The summed E-state index contributed by atoms with van der Waals surface area (Å²) < 4.78 is 10.5. The fraction of sp³-hybridized carbons (Fsp3) is 0.412. The second kappa shape index (κ2) is 9.75. The van der Waals surface area contributed by atoms with Gasteiger partial charge in [-0.1, -0.05) is 6.58 Å². The average Bonchev–Trinajstić information content (AvgIpc) is 2.50. The van der Waals surface area contributed by atoms with Gasteiger partial charge in [0, 0.05) is 11.1 Å². The van der Waals surface area contributed by atoms with Crippen LogP contribution >= 0.6 is 0 Å². The summed E-state index contributed by atoms with van der Waals surface area (Å²) >= 11 is 0. The van der Waals surface area contributed by atoms with E-state index < -0.39 is 0 Å². The molecule has 0 fully saturated rings. The van der Waals surface area contributed by atoms with Crippen molar-refractivity contribution in [2.45, 2.75) is 32.6 Å². The molecule has 1 aromatic rings. The molecule has 4 heteroatoms. The van der Waals surface area contributed by atoms with Crippen LogP contribution in [0.2, 0.25) is 0 Å². The monoisotopic (exact) mass is 289 g/mol. The van der Waals surface area contributed by atoms with E-state index in [1.807, 2.05) is 0 Å². The number of carbonyl (C=O) groups excluding carboxylic acids is 2. The van der Waals surface area contributed by atoms with Crippen LogP contribution in [0.15, 0.2) is 30.4 Å². The van der Waals surface area contributed by atoms with E-state index in [4.69, 9.17) is 9.47 Å². The number of esters is 1. The first-order chi connectivity index (χ1) is 10.1. The zero-order valence-electron chi connectivity index (χ0n) is 12.4. The predicted octanol–water partition coefficient (Wildman–Crippen LogP) is 3.36. The fourth-order valence-electron chi connectivity index (χ4n) is 1.62. The van der Waals surface area contributed by atoms with Crippen molar-refractivity contribution in [1.82, 2.24) is 0 Å². The van der Waals surface area contributed by atoms with Crippen LogP contribution in [0.1, 0.15) is 43.0 Å². The van der Waals surface area contributed by atoms with Crippen molar-refractivity contribution in [3.8, 4) is 5.75 Å². The molecule has 0 aromatic heterocycles. The third-order valence-corrected chi connectivity index (χ3v) is 2.82. The highest BCUT2D eigenvalue weighted by Gasteiger charge is 2.01. The Morgan fingerprint density at radius 3 is 2.52 bits per heavy atom. The van der Waals surface area contributed by atoms with Crippen molar-refractivity contribution in [2.75, 3.05) is 13.2 Å². The van der Waals surface area contributed by atoms with Gasteiger partial charge in [0.25, 0.3) is 0 Å². The molecule has 0 bridgehead atoms. The summed E-state index contributed by atoms with van der Waals surface area (Å²) in [6.45, 7) is 6.22. The Balaban J connectivity index is 2.00. The Labute approximate surface area is 125 Å². The lowest BCUT2D eigenvalue weighted by Gasteiger charge is -2.06. The highest BCUT2D eigenvalue weighted by atomic mass is 16.5. The summed E-state index contributed by atoms with van der Waals surface area (Å²) in [5.41, 5.74) is 0.951. The molecule has 1 aromatic carbocycles. The molecule has 0 saturated carbocycles. The average molecular weight is 289 g/mol. The molecule has 0 heterocycles. The van der Waals surface area contributed by atoms with Crippen molar-refractivity contribution in [2.24, 2.45) is 0 Å². The van der Waals surface area contributed by atoms with Crippen LogP contribution in [0, 0.1) is 6.07 Å². The van der Waals surface area contributed by atoms with E-state index in [-0.39, 0.29) is 5.97 Å². The van der Waals surface area contributed by atoms with Gasteiger partial charge in [-0.25, -0.2) is 4.79 Å². The van der Waals surface area contributed by atoms with Crippen molar-refractivity contribution in [3.63, 3.8) is 0 Å². The molecule has 1 rings (SSSR count). The Hall–Kier alpha value is -2.10. The predicted molar refractivity (Wildman–Crippen MR) is 80.4 cm³/mol. The Kier molecular flexibility index (Phi) is 7.87. The molecule has 1 radical (unpaired) electrons. The van der Waals surface area contributed by atoms with Gasteiger partial charge in [-0.05, 0) is 56.9 Å². The molecular weight excluding hydrogens is 268 g/mol. The van der Waals surface area contributed by atoms with Gasteiger partial charge in [-0.15, -0.1) is 0 Å². The summed E-state index contributed by atoms with van der Waals surface area (Å²) in [5.74, 6) is 0.393. The number of hydrogen-bond acceptors (Lipinski definition) is 4. The standard InChI is InChI=1S/C17H21O4/c1-14(2)17(19)21-12-6-4-3-5-11-20-16-9-7-15(13-18)8-10-16/h7,9-10,13H,1,3-6,11-12H2,2H3. The third kappa shape index (κ3) is 7.30. The molecule has 4 nitrogen and oxygen atoms in total. The molecule has 0 N–H and O–H groups in total. The SMILES string of the molecule is C=C(C)C(=O)OCCCCCCOc1c[c]c(C=O)cc1. The van der Waals surface area contributed by atoms with Crippen LogP contribution in [-0.2, 0) is 9.53 Å². The van der Waals surface area contributed by atoms with Gasteiger partial charge in [0.1, 0.15) is 5.75 Å². The van der Waals surface area contributed by atoms with E-state index in [1.54, 1.807) is 25.1 Å². The number of benzene rings is 1.